The zero-order valence-electron chi connectivity index (χ0n) is 12.0. The molecule has 0 radical (unpaired) electrons. The number of carbonyl (C=O) groups excluding carboxylic acids is 2. The normalized spacial score (nSPS) is 13.7. The Balaban J connectivity index is 2.02. The highest BCUT2D eigenvalue weighted by atomic mass is 16.2. The van der Waals surface area contributed by atoms with Crippen molar-refractivity contribution in [2.24, 2.45) is 0 Å². The number of rotatable bonds is 5. The molecule has 0 saturated heterocycles. The van der Waals surface area contributed by atoms with Crippen LogP contribution < -0.4 is 10.6 Å². The Morgan fingerprint density at radius 3 is 2.55 bits per heavy atom. The fraction of sp³-hybridized carbons (Fsp3) is 0.467. The molecule has 5 heteroatoms. The lowest BCUT2D eigenvalue weighted by molar-refractivity contribution is 0.0773. The van der Waals surface area contributed by atoms with Crippen LogP contribution in [0.2, 0.25) is 0 Å². The lowest BCUT2D eigenvalue weighted by Crippen LogP contribution is -2.31. The first-order chi connectivity index (χ1) is 9.63. The molecule has 20 heavy (non-hydrogen) atoms. The minimum Gasteiger partial charge on any atom is -0.339 e. The summed E-state index contributed by atoms with van der Waals surface area (Å²) in [5.41, 5.74) is 1.24. The molecule has 3 amide bonds. The zero-order chi connectivity index (χ0) is 14.5. The van der Waals surface area contributed by atoms with E-state index >= 15 is 0 Å². The first-order valence-electron chi connectivity index (χ1n) is 7.11. The lowest BCUT2D eigenvalue weighted by Gasteiger charge is -2.19. The van der Waals surface area contributed by atoms with Gasteiger partial charge in [-0.15, -0.1) is 0 Å². The van der Waals surface area contributed by atoms with Gasteiger partial charge in [0.15, 0.2) is 0 Å². The van der Waals surface area contributed by atoms with Gasteiger partial charge in [-0.05, 0) is 44.9 Å². The van der Waals surface area contributed by atoms with Crippen molar-refractivity contribution in [1.82, 2.24) is 10.2 Å². The van der Waals surface area contributed by atoms with Gasteiger partial charge in [0, 0.05) is 30.4 Å². The summed E-state index contributed by atoms with van der Waals surface area (Å²) in [5.74, 6) is -0.0127. The fourth-order valence-corrected chi connectivity index (χ4v) is 2.00. The molecule has 0 unspecified atom stereocenters. The number of hydrogen-bond donors (Lipinski definition) is 2. The van der Waals surface area contributed by atoms with Crippen molar-refractivity contribution in [2.45, 2.75) is 32.7 Å². The third kappa shape index (κ3) is 3.73. The van der Waals surface area contributed by atoms with Gasteiger partial charge in [-0.25, -0.2) is 4.79 Å². The highest BCUT2D eigenvalue weighted by Crippen LogP contribution is 2.19. The number of nitrogens with one attached hydrogen (secondary N) is 2. The zero-order valence-corrected chi connectivity index (χ0v) is 12.0. The minimum absolute atomic E-state index is 0.0127. The van der Waals surface area contributed by atoms with Gasteiger partial charge in [0.2, 0.25) is 0 Å². The van der Waals surface area contributed by atoms with E-state index in [1.54, 1.807) is 29.2 Å². The molecule has 1 aromatic carbocycles. The van der Waals surface area contributed by atoms with Crippen molar-refractivity contribution in [3.05, 3.63) is 29.8 Å². The molecule has 0 aliphatic heterocycles. The summed E-state index contributed by atoms with van der Waals surface area (Å²) < 4.78 is 0. The van der Waals surface area contributed by atoms with Crippen molar-refractivity contribution in [3.8, 4) is 0 Å². The first-order valence-corrected chi connectivity index (χ1v) is 7.11. The van der Waals surface area contributed by atoms with Crippen molar-refractivity contribution < 1.29 is 9.59 Å². The van der Waals surface area contributed by atoms with Gasteiger partial charge in [-0.3, -0.25) is 4.79 Å². The molecule has 1 fully saturated rings. The van der Waals surface area contributed by atoms with E-state index in [0.29, 0.717) is 30.4 Å². The van der Waals surface area contributed by atoms with Crippen molar-refractivity contribution >= 4 is 17.6 Å². The van der Waals surface area contributed by atoms with E-state index < -0.39 is 0 Å². The predicted molar refractivity (Wildman–Crippen MR) is 78.9 cm³/mol. The van der Waals surface area contributed by atoms with Crippen LogP contribution in [0.4, 0.5) is 10.5 Å². The summed E-state index contributed by atoms with van der Waals surface area (Å²) in [6.07, 6.45) is 2.10. The summed E-state index contributed by atoms with van der Waals surface area (Å²) in [6, 6.07) is 7.16. The molecule has 1 aliphatic carbocycles. The third-order valence-corrected chi connectivity index (χ3v) is 3.33. The van der Waals surface area contributed by atoms with Crippen LogP contribution in [0.3, 0.4) is 0 Å². The largest absolute Gasteiger partial charge is 0.339 e. The van der Waals surface area contributed by atoms with Crippen LogP contribution >= 0.6 is 0 Å². The number of amides is 3. The van der Waals surface area contributed by atoms with E-state index in [2.05, 4.69) is 10.6 Å². The summed E-state index contributed by atoms with van der Waals surface area (Å²) in [4.78, 5) is 25.7. The summed E-state index contributed by atoms with van der Waals surface area (Å²) in [7, 11) is 0. The molecule has 1 saturated carbocycles. The summed E-state index contributed by atoms with van der Waals surface area (Å²) in [6.45, 7) is 5.25. The number of carbonyl (C=O) groups is 2. The average Bonchev–Trinajstić information content (AvgIpc) is 3.24. The van der Waals surface area contributed by atoms with E-state index in [1.165, 1.54) is 0 Å². The summed E-state index contributed by atoms with van der Waals surface area (Å²) >= 11 is 0. The van der Waals surface area contributed by atoms with Gasteiger partial charge < -0.3 is 15.5 Å². The Morgan fingerprint density at radius 1 is 1.25 bits per heavy atom. The van der Waals surface area contributed by atoms with Crippen molar-refractivity contribution in [2.75, 3.05) is 18.4 Å². The fourth-order valence-electron chi connectivity index (χ4n) is 2.00. The molecule has 0 heterocycles. The van der Waals surface area contributed by atoms with Crippen molar-refractivity contribution in [1.29, 1.82) is 0 Å². The summed E-state index contributed by atoms with van der Waals surface area (Å²) in [5, 5.41) is 5.61. The second-order valence-electron chi connectivity index (χ2n) is 4.93. The number of urea groups is 1. The molecule has 0 spiro atoms. The highest BCUT2D eigenvalue weighted by molar-refractivity contribution is 5.97. The van der Waals surface area contributed by atoms with Crippen LogP contribution in [-0.4, -0.2) is 36.0 Å². The van der Waals surface area contributed by atoms with Crippen LogP contribution in [0.15, 0.2) is 24.3 Å². The standard InChI is InChI=1S/C15H21N3O2/c1-3-18(4-2)14(19)11-6-5-7-13(10-11)17-15(20)16-12-8-9-12/h5-7,10,12H,3-4,8-9H2,1-2H3,(H2,16,17,20). The van der Waals surface area contributed by atoms with E-state index in [-0.39, 0.29) is 11.9 Å². The molecule has 1 aliphatic rings. The molecular formula is C15H21N3O2. The number of nitrogens with zero attached hydrogens (tertiary/aromatic N) is 1. The van der Waals surface area contributed by atoms with E-state index in [1.807, 2.05) is 13.8 Å². The minimum atomic E-state index is -0.208. The number of hydrogen-bond acceptors (Lipinski definition) is 2. The maximum Gasteiger partial charge on any atom is 0.319 e. The van der Waals surface area contributed by atoms with Crippen LogP contribution in [0.1, 0.15) is 37.0 Å². The van der Waals surface area contributed by atoms with E-state index in [0.717, 1.165) is 12.8 Å². The van der Waals surface area contributed by atoms with Crippen LogP contribution in [-0.2, 0) is 0 Å². The van der Waals surface area contributed by atoms with Gasteiger partial charge in [0.25, 0.3) is 5.91 Å². The smallest absolute Gasteiger partial charge is 0.319 e. The molecule has 0 aromatic heterocycles. The molecule has 0 bridgehead atoms. The predicted octanol–water partition coefficient (Wildman–Crippen LogP) is 2.45. The Labute approximate surface area is 119 Å². The van der Waals surface area contributed by atoms with E-state index in [9.17, 15) is 9.59 Å². The van der Waals surface area contributed by atoms with Gasteiger partial charge in [-0.1, -0.05) is 6.07 Å². The molecule has 1 aromatic rings. The third-order valence-electron chi connectivity index (χ3n) is 3.33. The second-order valence-corrected chi connectivity index (χ2v) is 4.93. The monoisotopic (exact) mass is 275 g/mol. The molecule has 2 rings (SSSR count). The second kappa shape index (κ2) is 6.41. The molecule has 5 nitrogen and oxygen atoms in total. The Hall–Kier alpha value is -2.04. The quantitative estimate of drug-likeness (QED) is 0.867. The van der Waals surface area contributed by atoms with E-state index in [4.69, 9.17) is 0 Å². The molecule has 0 atom stereocenters. The molecular weight excluding hydrogens is 254 g/mol. The van der Waals surface area contributed by atoms with Gasteiger partial charge in [0.05, 0.1) is 0 Å². The Kier molecular flexibility index (Phi) is 4.61. The lowest BCUT2D eigenvalue weighted by atomic mass is 10.1. The topological polar surface area (TPSA) is 61.4 Å². The SMILES string of the molecule is CCN(CC)C(=O)c1cccc(NC(=O)NC2CC2)c1. The highest BCUT2D eigenvalue weighted by Gasteiger charge is 2.23. The Bertz CT molecular complexity index is 494. The van der Waals surface area contributed by atoms with Crippen LogP contribution in [0.5, 0.6) is 0 Å². The average molecular weight is 275 g/mol. The maximum atomic E-state index is 12.2. The van der Waals surface area contributed by atoms with Crippen LogP contribution in [0, 0.1) is 0 Å². The number of anilines is 1. The first kappa shape index (κ1) is 14.4. The molecule has 108 valence electrons. The van der Waals surface area contributed by atoms with Crippen molar-refractivity contribution in [3.63, 3.8) is 0 Å². The molecule has 2 N–H and O–H groups in total. The maximum absolute atomic E-state index is 12.2. The van der Waals surface area contributed by atoms with Gasteiger partial charge in [-0.2, -0.15) is 0 Å². The number of benzene rings is 1. The van der Waals surface area contributed by atoms with Gasteiger partial charge >= 0.3 is 6.03 Å². The van der Waals surface area contributed by atoms with Crippen LogP contribution in [0.25, 0.3) is 0 Å². The Morgan fingerprint density at radius 2 is 1.95 bits per heavy atom. The van der Waals surface area contributed by atoms with Gasteiger partial charge in [0.1, 0.15) is 0 Å².